The Bertz CT molecular complexity index is 324. The zero-order valence-electron chi connectivity index (χ0n) is 10.1. The molecule has 2 nitrogen and oxygen atoms in total. The molecule has 0 fully saturated rings. The van der Waals surface area contributed by atoms with Crippen molar-refractivity contribution in [3.05, 3.63) is 35.9 Å². The van der Waals surface area contributed by atoms with Crippen LogP contribution >= 0.6 is 0 Å². The van der Waals surface area contributed by atoms with Crippen molar-refractivity contribution in [2.75, 3.05) is 6.54 Å². The summed E-state index contributed by atoms with van der Waals surface area (Å²) in [7, 11) is 0. The molecule has 1 aromatic rings. The predicted molar refractivity (Wildman–Crippen MR) is 66.9 cm³/mol. The Morgan fingerprint density at radius 2 is 1.94 bits per heavy atom. The number of rotatable bonds is 6. The van der Waals surface area contributed by atoms with Gasteiger partial charge in [0.2, 0.25) is 0 Å². The summed E-state index contributed by atoms with van der Waals surface area (Å²) in [5.41, 5.74) is 1.31. The second-order valence-corrected chi connectivity index (χ2v) is 4.46. The maximum Gasteiger partial charge on any atom is 0.0635 e. The number of nitrogens with one attached hydrogen (secondary N) is 1. The molecule has 0 saturated carbocycles. The van der Waals surface area contributed by atoms with Crippen LogP contribution in [-0.4, -0.2) is 6.54 Å². The molecule has 0 amide bonds. The van der Waals surface area contributed by atoms with Crippen LogP contribution in [0.2, 0.25) is 0 Å². The van der Waals surface area contributed by atoms with Crippen LogP contribution in [0.1, 0.15) is 38.3 Å². The van der Waals surface area contributed by atoms with Crippen LogP contribution in [-0.2, 0) is 0 Å². The molecule has 1 aromatic carbocycles. The van der Waals surface area contributed by atoms with E-state index < -0.39 is 0 Å². The molecule has 0 spiro atoms. The first-order chi connectivity index (χ1) is 7.74. The molecule has 2 heteroatoms. The van der Waals surface area contributed by atoms with Gasteiger partial charge in [-0.1, -0.05) is 44.2 Å². The Morgan fingerprint density at radius 3 is 2.50 bits per heavy atom. The number of nitriles is 1. The molecule has 0 aliphatic carbocycles. The van der Waals surface area contributed by atoms with E-state index in [0.717, 1.165) is 13.0 Å². The first-order valence-corrected chi connectivity index (χ1v) is 5.89. The van der Waals surface area contributed by atoms with Crippen molar-refractivity contribution in [1.82, 2.24) is 5.32 Å². The molecule has 0 bridgehead atoms. The molecule has 1 rings (SSSR count). The highest BCUT2D eigenvalue weighted by atomic mass is 14.9. The maximum atomic E-state index is 8.54. The van der Waals surface area contributed by atoms with E-state index in [1.807, 2.05) is 6.07 Å². The second-order valence-electron chi connectivity index (χ2n) is 4.46. The van der Waals surface area contributed by atoms with Gasteiger partial charge < -0.3 is 5.32 Å². The minimum atomic E-state index is 0.370. The molecular formula is C14H20N2. The van der Waals surface area contributed by atoms with Crippen molar-refractivity contribution < 1.29 is 0 Å². The molecule has 1 atom stereocenters. The number of hydrogen-bond acceptors (Lipinski definition) is 2. The van der Waals surface area contributed by atoms with E-state index in [2.05, 4.69) is 49.5 Å². The first-order valence-electron chi connectivity index (χ1n) is 5.89. The van der Waals surface area contributed by atoms with Gasteiger partial charge in [-0.25, -0.2) is 0 Å². The Kier molecular flexibility index (Phi) is 5.60. The van der Waals surface area contributed by atoms with Gasteiger partial charge in [0.05, 0.1) is 6.07 Å². The molecular weight excluding hydrogens is 196 g/mol. The van der Waals surface area contributed by atoms with E-state index in [-0.39, 0.29) is 0 Å². The van der Waals surface area contributed by atoms with Gasteiger partial charge in [0.1, 0.15) is 0 Å². The normalized spacial score (nSPS) is 12.4. The van der Waals surface area contributed by atoms with Gasteiger partial charge in [-0.3, -0.25) is 0 Å². The van der Waals surface area contributed by atoms with Crippen molar-refractivity contribution in [2.45, 2.75) is 32.7 Å². The minimum Gasteiger partial charge on any atom is -0.309 e. The van der Waals surface area contributed by atoms with E-state index in [1.54, 1.807) is 0 Å². The largest absolute Gasteiger partial charge is 0.309 e. The third kappa shape index (κ3) is 4.46. The lowest BCUT2D eigenvalue weighted by molar-refractivity contribution is 0.434. The van der Waals surface area contributed by atoms with Gasteiger partial charge in [-0.2, -0.15) is 5.26 Å². The average molecular weight is 216 g/mol. The molecule has 0 radical (unpaired) electrons. The topological polar surface area (TPSA) is 35.8 Å². The van der Waals surface area contributed by atoms with Gasteiger partial charge in [0.25, 0.3) is 0 Å². The summed E-state index contributed by atoms with van der Waals surface area (Å²) in [6, 6.07) is 13.0. The summed E-state index contributed by atoms with van der Waals surface area (Å²) < 4.78 is 0. The highest BCUT2D eigenvalue weighted by Crippen LogP contribution is 2.20. The Hall–Kier alpha value is -1.33. The summed E-state index contributed by atoms with van der Waals surface area (Å²) in [5.74, 6) is 0.653. The van der Waals surface area contributed by atoms with E-state index in [1.165, 1.54) is 5.56 Å². The van der Waals surface area contributed by atoms with Crippen LogP contribution < -0.4 is 5.32 Å². The Balaban J connectivity index is 2.61. The van der Waals surface area contributed by atoms with Crippen LogP contribution in [0.25, 0.3) is 0 Å². The summed E-state index contributed by atoms with van der Waals surface area (Å²) in [5, 5.41) is 12.0. The zero-order chi connectivity index (χ0) is 11.8. The second kappa shape index (κ2) is 7.03. The van der Waals surface area contributed by atoms with Crippen LogP contribution in [0, 0.1) is 17.2 Å². The third-order valence-corrected chi connectivity index (χ3v) is 2.54. The smallest absolute Gasteiger partial charge is 0.0635 e. The number of benzene rings is 1. The fourth-order valence-electron chi connectivity index (χ4n) is 1.80. The van der Waals surface area contributed by atoms with Crippen molar-refractivity contribution in [3.8, 4) is 6.07 Å². The van der Waals surface area contributed by atoms with Gasteiger partial charge in [0, 0.05) is 19.0 Å². The fourth-order valence-corrected chi connectivity index (χ4v) is 1.80. The van der Waals surface area contributed by atoms with E-state index in [0.29, 0.717) is 18.4 Å². The molecule has 1 N–H and O–H groups in total. The molecule has 0 aromatic heterocycles. The van der Waals surface area contributed by atoms with Crippen molar-refractivity contribution in [2.24, 2.45) is 5.92 Å². The first kappa shape index (κ1) is 12.7. The van der Waals surface area contributed by atoms with Gasteiger partial charge in [-0.15, -0.1) is 0 Å². The lowest BCUT2D eigenvalue weighted by Gasteiger charge is -2.20. The van der Waals surface area contributed by atoms with Crippen LogP contribution in [0.3, 0.4) is 0 Å². The highest BCUT2D eigenvalue weighted by molar-refractivity contribution is 5.18. The predicted octanol–water partition coefficient (Wildman–Crippen LogP) is 3.28. The number of nitrogens with zero attached hydrogens (tertiary/aromatic N) is 1. The summed E-state index contributed by atoms with van der Waals surface area (Å²) >= 11 is 0. The zero-order valence-corrected chi connectivity index (χ0v) is 10.1. The quantitative estimate of drug-likeness (QED) is 0.741. The van der Waals surface area contributed by atoms with Crippen LogP contribution in [0.15, 0.2) is 30.3 Å². The Labute approximate surface area is 98.3 Å². The van der Waals surface area contributed by atoms with Crippen molar-refractivity contribution >= 4 is 0 Å². The monoisotopic (exact) mass is 216 g/mol. The molecule has 1 unspecified atom stereocenters. The fraction of sp³-hybridized carbons (Fsp3) is 0.500. The maximum absolute atomic E-state index is 8.54. The molecule has 0 heterocycles. The van der Waals surface area contributed by atoms with Crippen LogP contribution in [0.5, 0.6) is 0 Å². The van der Waals surface area contributed by atoms with E-state index >= 15 is 0 Å². The van der Waals surface area contributed by atoms with Gasteiger partial charge in [-0.05, 0) is 17.9 Å². The van der Waals surface area contributed by atoms with Crippen LogP contribution in [0.4, 0.5) is 0 Å². The summed E-state index contributed by atoms with van der Waals surface area (Å²) in [6.45, 7) is 5.21. The number of hydrogen-bond donors (Lipinski definition) is 1. The summed E-state index contributed by atoms with van der Waals surface area (Å²) in [4.78, 5) is 0. The van der Waals surface area contributed by atoms with Gasteiger partial charge in [0.15, 0.2) is 0 Å². The molecule has 16 heavy (non-hydrogen) atoms. The molecule has 0 saturated heterocycles. The van der Waals surface area contributed by atoms with Crippen molar-refractivity contribution in [3.63, 3.8) is 0 Å². The van der Waals surface area contributed by atoms with Crippen molar-refractivity contribution in [1.29, 1.82) is 5.26 Å². The SMILES string of the molecule is CC(C)CC(NCCC#N)c1ccccc1. The lowest BCUT2D eigenvalue weighted by Crippen LogP contribution is -2.23. The van der Waals surface area contributed by atoms with E-state index in [9.17, 15) is 0 Å². The average Bonchev–Trinajstić information content (AvgIpc) is 2.29. The van der Waals surface area contributed by atoms with E-state index in [4.69, 9.17) is 5.26 Å². The third-order valence-electron chi connectivity index (χ3n) is 2.54. The Morgan fingerprint density at radius 1 is 1.25 bits per heavy atom. The minimum absolute atomic E-state index is 0.370. The summed E-state index contributed by atoms with van der Waals surface area (Å²) in [6.07, 6.45) is 1.68. The lowest BCUT2D eigenvalue weighted by atomic mass is 9.97. The molecule has 0 aliphatic heterocycles. The molecule has 0 aliphatic rings. The molecule has 86 valence electrons. The standard InChI is InChI=1S/C14H20N2/c1-12(2)11-14(16-10-6-9-15)13-7-4-3-5-8-13/h3-5,7-8,12,14,16H,6,10-11H2,1-2H3. The van der Waals surface area contributed by atoms with Gasteiger partial charge >= 0.3 is 0 Å². The highest BCUT2D eigenvalue weighted by Gasteiger charge is 2.11.